The Morgan fingerprint density at radius 1 is 1.26 bits per heavy atom. The number of halogens is 2. The van der Waals surface area contributed by atoms with Crippen molar-refractivity contribution in [1.29, 1.82) is 0 Å². The summed E-state index contributed by atoms with van der Waals surface area (Å²) in [5.41, 5.74) is 3.08. The number of carbonyl (C=O) groups is 2. The molecule has 10 nitrogen and oxygen atoms in total. The highest BCUT2D eigenvalue weighted by atomic mass is 79.9. The molecule has 3 heterocycles. The van der Waals surface area contributed by atoms with Crippen LogP contribution in [-0.4, -0.2) is 89.1 Å². The molecule has 39 heavy (non-hydrogen) atoms. The third-order valence-corrected chi connectivity index (χ3v) is 7.70. The molecule has 0 saturated carbocycles. The topological polar surface area (TPSA) is 112 Å². The number of amides is 1. The zero-order valence-electron chi connectivity index (χ0n) is 22.5. The number of nitrogens with zero attached hydrogens (tertiary/aromatic N) is 5. The summed E-state index contributed by atoms with van der Waals surface area (Å²) in [4.78, 5) is 34.9. The molecule has 0 bridgehead atoms. The summed E-state index contributed by atoms with van der Waals surface area (Å²) in [6.45, 7) is 11.2. The molecule has 0 aliphatic carbocycles. The van der Waals surface area contributed by atoms with Crippen LogP contribution >= 0.6 is 27.3 Å². The molecule has 1 fully saturated rings. The Bertz CT molecular complexity index is 1250. The summed E-state index contributed by atoms with van der Waals surface area (Å²) in [5.74, 6) is -0.356. The van der Waals surface area contributed by atoms with Gasteiger partial charge in [-0.15, -0.1) is 10.2 Å². The van der Waals surface area contributed by atoms with E-state index in [1.165, 1.54) is 23.5 Å². The quantitative estimate of drug-likeness (QED) is 0.433. The number of ether oxygens (including phenoxy) is 1. The van der Waals surface area contributed by atoms with E-state index in [0.29, 0.717) is 71.4 Å². The Morgan fingerprint density at radius 2 is 2.00 bits per heavy atom. The first-order valence-electron chi connectivity index (χ1n) is 12.8. The number of hydrogen-bond donors (Lipinski definition) is 2. The Morgan fingerprint density at radius 3 is 2.62 bits per heavy atom. The largest absolute Gasteiger partial charge is 0.463 e. The SMILES string of the molecule is CCOC(=O)C1=C(CN2CCN(C(=O)CNC(C)(C)C)CC2)NC(c2nncs2)=NC1c1ccc(F)cc1Br. The van der Waals surface area contributed by atoms with Crippen LogP contribution < -0.4 is 10.6 Å². The van der Waals surface area contributed by atoms with Crippen molar-refractivity contribution in [3.8, 4) is 0 Å². The summed E-state index contributed by atoms with van der Waals surface area (Å²) < 4.78 is 19.9. The van der Waals surface area contributed by atoms with Gasteiger partial charge in [-0.2, -0.15) is 0 Å². The normalized spacial score (nSPS) is 18.6. The molecule has 1 amide bonds. The number of piperazine rings is 1. The summed E-state index contributed by atoms with van der Waals surface area (Å²) in [7, 11) is 0. The van der Waals surface area contributed by atoms with Gasteiger partial charge < -0.3 is 20.3 Å². The second-order valence-electron chi connectivity index (χ2n) is 10.3. The predicted octanol–water partition coefficient (Wildman–Crippen LogP) is 2.88. The second-order valence-corrected chi connectivity index (χ2v) is 12.0. The number of rotatable bonds is 8. The summed E-state index contributed by atoms with van der Waals surface area (Å²) in [6.07, 6.45) is 0. The molecule has 1 unspecified atom stereocenters. The van der Waals surface area contributed by atoms with Gasteiger partial charge in [-0.3, -0.25) is 14.7 Å². The third kappa shape index (κ3) is 7.47. The van der Waals surface area contributed by atoms with Crippen LogP contribution in [0.3, 0.4) is 0 Å². The minimum Gasteiger partial charge on any atom is -0.463 e. The molecule has 13 heteroatoms. The van der Waals surface area contributed by atoms with Crippen molar-refractivity contribution in [1.82, 2.24) is 30.6 Å². The van der Waals surface area contributed by atoms with Crippen LogP contribution in [0.2, 0.25) is 0 Å². The highest BCUT2D eigenvalue weighted by Crippen LogP contribution is 2.37. The fourth-order valence-corrected chi connectivity index (χ4v) is 5.41. The van der Waals surface area contributed by atoms with Crippen molar-refractivity contribution < 1.29 is 18.7 Å². The maximum Gasteiger partial charge on any atom is 0.338 e. The van der Waals surface area contributed by atoms with E-state index in [0.717, 1.165) is 0 Å². The van der Waals surface area contributed by atoms with E-state index < -0.39 is 17.8 Å². The Labute approximate surface area is 239 Å². The lowest BCUT2D eigenvalue weighted by Gasteiger charge is -2.37. The van der Waals surface area contributed by atoms with Gasteiger partial charge in [-0.05, 0) is 45.4 Å². The van der Waals surface area contributed by atoms with Gasteiger partial charge in [0, 0.05) is 48.4 Å². The monoisotopic (exact) mass is 621 g/mol. The van der Waals surface area contributed by atoms with Gasteiger partial charge in [0.15, 0.2) is 10.8 Å². The lowest BCUT2D eigenvalue weighted by Crippen LogP contribution is -2.53. The molecule has 2 aliphatic heterocycles. The van der Waals surface area contributed by atoms with Crippen molar-refractivity contribution in [2.75, 3.05) is 45.9 Å². The summed E-state index contributed by atoms with van der Waals surface area (Å²) >= 11 is 4.77. The fourth-order valence-electron chi connectivity index (χ4n) is 4.33. The Kier molecular flexibility index (Phi) is 9.47. The van der Waals surface area contributed by atoms with Gasteiger partial charge in [0.25, 0.3) is 0 Å². The zero-order chi connectivity index (χ0) is 28.2. The van der Waals surface area contributed by atoms with E-state index in [9.17, 15) is 14.0 Å². The number of esters is 1. The van der Waals surface area contributed by atoms with E-state index in [-0.39, 0.29) is 18.1 Å². The fraction of sp³-hybridized carbons (Fsp3) is 0.500. The number of amidine groups is 1. The van der Waals surface area contributed by atoms with Crippen LogP contribution in [0.1, 0.15) is 44.3 Å². The standard InChI is InChI=1S/C26H33BrFN7O3S/c1-5-38-25(37)21-19(14-34-8-10-35(11-9-34)20(36)13-29-26(2,3)4)31-23(24-33-30-15-39-24)32-22(21)17-7-6-16(28)12-18(17)27/h6-7,12,15,22,29H,5,8-11,13-14H2,1-4H3,(H,31,32). The second kappa shape index (κ2) is 12.6. The van der Waals surface area contributed by atoms with Crippen LogP contribution in [0.25, 0.3) is 0 Å². The first-order chi connectivity index (χ1) is 18.6. The van der Waals surface area contributed by atoms with Crippen molar-refractivity contribution in [3.63, 3.8) is 0 Å². The van der Waals surface area contributed by atoms with E-state index in [1.807, 2.05) is 25.7 Å². The molecule has 4 rings (SSSR count). The third-order valence-electron chi connectivity index (χ3n) is 6.32. The number of aliphatic imine (C=N–C) groups is 1. The zero-order valence-corrected chi connectivity index (χ0v) is 24.9. The lowest BCUT2D eigenvalue weighted by molar-refractivity contribution is -0.139. The predicted molar refractivity (Wildman–Crippen MR) is 151 cm³/mol. The van der Waals surface area contributed by atoms with E-state index in [1.54, 1.807) is 18.5 Å². The molecule has 1 atom stereocenters. The smallest absolute Gasteiger partial charge is 0.338 e. The van der Waals surface area contributed by atoms with Crippen molar-refractivity contribution in [2.45, 2.75) is 39.3 Å². The van der Waals surface area contributed by atoms with Crippen molar-refractivity contribution in [2.24, 2.45) is 4.99 Å². The molecule has 2 aliphatic rings. The molecule has 2 aromatic rings. The van der Waals surface area contributed by atoms with Crippen LogP contribution in [-0.2, 0) is 14.3 Å². The average molecular weight is 623 g/mol. The summed E-state index contributed by atoms with van der Waals surface area (Å²) in [6, 6.07) is 3.56. The Hall–Kier alpha value is -2.74. The number of carbonyl (C=O) groups excluding carboxylic acids is 2. The highest BCUT2D eigenvalue weighted by Gasteiger charge is 2.35. The lowest BCUT2D eigenvalue weighted by atomic mass is 9.95. The van der Waals surface area contributed by atoms with E-state index >= 15 is 0 Å². The molecular weight excluding hydrogens is 589 g/mol. The first-order valence-corrected chi connectivity index (χ1v) is 14.4. The van der Waals surface area contributed by atoms with Gasteiger partial charge in [-0.1, -0.05) is 33.3 Å². The van der Waals surface area contributed by atoms with Gasteiger partial charge in [-0.25, -0.2) is 9.18 Å². The average Bonchev–Trinajstić information content (AvgIpc) is 3.42. The van der Waals surface area contributed by atoms with Crippen LogP contribution in [0.5, 0.6) is 0 Å². The molecule has 1 aromatic carbocycles. The Balaban J connectivity index is 1.60. The maximum absolute atomic E-state index is 13.9. The highest BCUT2D eigenvalue weighted by molar-refractivity contribution is 9.10. The number of nitrogens with one attached hydrogen (secondary N) is 2. The van der Waals surface area contributed by atoms with Crippen LogP contribution in [0, 0.1) is 5.82 Å². The van der Waals surface area contributed by atoms with Crippen molar-refractivity contribution in [3.05, 3.63) is 55.8 Å². The minimum atomic E-state index is -0.750. The van der Waals surface area contributed by atoms with Crippen LogP contribution in [0.15, 0.2) is 44.4 Å². The van der Waals surface area contributed by atoms with Gasteiger partial charge >= 0.3 is 5.97 Å². The number of aromatic nitrogens is 2. The minimum absolute atomic E-state index is 0.0682. The molecule has 210 valence electrons. The van der Waals surface area contributed by atoms with E-state index in [4.69, 9.17) is 9.73 Å². The van der Waals surface area contributed by atoms with Crippen LogP contribution in [0.4, 0.5) is 4.39 Å². The number of benzene rings is 1. The van der Waals surface area contributed by atoms with Gasteiger partial charge in [0.2, 0.25) is 5.91 Å². The van der Waals surface area contributed by atoms with Gasteiger partial charge in [0.05, 0.1) is 18.7 Å². The molecule has 1 saturated heterocycles. The summed E-state index contributed by atoms with van der Waals surface area (Å²) in [5, 5.41) is 15.2. The molecule has 0 radical (unpaired) electrons. The molecule has 1 aromatic heterocycles. The maximum atomic E-state index is 13.9. The molecule has 2 N–H and O–H groups in total. The molecular formula is C26H33BrFN7O3S. The first kappa shape index (κ1) is 29.2. The molecule has 0 spiro atoms. The van der Waals surface area contributed by atoms with E-state index in [2.05, 4.69) is 41.7 Å². The number of hydrogen-bond acceptors (Lipinski definition) is 10. The van der Waals surface area contributed by atoms with Crippen molar-refractivity contribution >= 4 is 45.0 Å². The van der Waals surface area contributed by atoms with Gasteiger partial charge in [0.1, 0.15) is 17.4 Å².